The fourth-order valence-corrected chi connectivity index (χ4v) is 2.49. The second-order valence-corrected chi connectivity index (χ2v) is 7.09. The van der Waals surface area contributed by atoms with Crippen molar-refractivity contribution in [2.45, 2.75) is 44.9 Å². The van der Waals surface area contributed by atoms with E-state index in [0.717, 1.165) is 30.6 Å². The van der Waals surface area contributed by atoms with Crippen molar-refractivity contribution in [3.05, 3.63) is 24.0 Å². The monoisotopic (exact) mass is 277 g/mol. The Kier molecular flexibility index (Phi) is 4.09. The summed E-state index contributed by atoms with van der Waals surface area (Å²) in [6.45, 7) is 7.72. The Morgan fingerprint density at radius 2 is 2.11 bits per heavy atom. The molecule has 1 aromatic heterocycles. The zero-order valence-electron chi connectivity index (χ0n) is 12.2. The van der Waals surface area contributed by atoms with Crippen LogP contribution < -0.4 is 5.73 Å². The average Bonchev–Trinajstić information content (AvgIpc) is 2.67. The topological polar surface area (TPSA) is 43.8 Å². The fraction of sp³-hybridized carbons (Fsp3) is 0.533. The van der Waals surface area contributed by atoms with Crippen molar-refractivity contribution in [2.75, 3.05) is 12.0 Å². The third-order valence-corrected chi connectivity index (χ3v) is 4.65. The van der Waals surface area contributed by atoms with Gasteiger partial charge in [0.25, 0.3) is 0 Å². The Morgan fingerprint density at radius 1 is 1.37 bits per heavy atom. The van der Waals surface area contributed by atoms with E-state index in [2.05, 4.69) is 37.7 Å². The number of anilines is 1. The number of benzene rings is 1. The molecule has 0 atom stereocenters. The van der Waals surface area contributed by atoms with Crippen LogP contribution in [0.4, 0.5) is 5.69 Å². The lowest BCUT2D eigenvalue weighted by Crippen LogP contribution is -2.23. The van der Waals surface area contributed by atoms with Gasteiger partial charge in [-0.2, -0.15) is 11.8 Å². The van der Waals surface area contributed by atoms with E-state index in [1.165, 1.54) is 11.3 Å². The van der Waals surface area contributed by atoms with Crippen molar-refractivity contribution in [3.8, 4) is 0 Å². The van der Waals surface area contributed by atoms with Crippen LogP contribution in [0.2, 0.25) is 0 Å². The van der Waals surface area contributed by atoms with E-state index in [4.69, 9.17) is 10.7 Å². The van der Waals surface area contributed by atoms with Gasteiger partial charge in [0.2, 0.25) is 0 Å². The summed E-state index contributed by atoms with van der Waals surface area (Å²) in [4.78, 5) is 4.76. The molecule has 104 valence electrons. The lowest BCUT2D eigenvalue weighted by molar-refractivity contribution is 0.556. The second kappa shape index (κ2) is 5.45. The predicted octanol–water partition coefficient (Wildman–Crippen LogP) is 3.71. The molecule has 1 heterocycles. The predicted molar refractivity (Wildman–Crippen MR) is 85.7 cm³/mol. The molecular weight excluding hydrogens is 254 g/mol. The van der Waals surface area contributed by atoms with E-state index in [1.807, 2.05) is 23.9 Å². The van der Waals surface area contributed by atoms with Gasteiger partial charge in [0.1, 0.15) is 5.82 Å². The minimum atomic E-state index is 0.206. The van der Waals surface area contributed by atoms with Gasteiger partial charge in [-0.3, -0.25) is 0 Å². The number of imidazole rings is 1. The molecule has 0 saturated carbocycles. The van der Waals surface area contributed by atoms with E-state index in [0.29, 0.717) is 0 Å². The number of nitrogen functional groups attached to an aromatic ring is 1. The molecule has 0 fully saturated rings. The highest BCUT2D eigenvalue weighted by Gasteiger charge is 2.20. The quantitative estimate of drug-likeness (QED) is 0.847. The minimum absolute atomic E-state index is 0.206. The smallest absolute Gasteiger partial charge is 0.109 e. The first-order chi connectivity index (χ1) is 8.96. The number of rotatable bonds is 5. The molecule has 3 nitrogen and oxygen atoms in total. The molecule has 2 rings (SSSR count). The van der Waals surface area contributed by atoms with Crippen molar-refractivity contribution in [1.29, 1.82) is 0 Å². The third kappa shape index (κ3) is 3.06. The van der Waals surface area contributed by atoms with Crippen molar-refractivity contribution in [2.24, 2.45) is 0 Å². The molecule has 1 aromatic carbocycles. The Labute approximate surface area is 119 Å². The first-order valence-electron chi connectivity index (χ1n) is 6.76. The van der Waals surface area contributed by atoms with Gasteiger partial charge in [0.05, 0.1) is 11.0 Å². The van der Waals surface area contributed by atoms with Gasteiger partial charge in [-0.25, -0.2) is 4.98 Å². The molecule has 0 unspecified atom stereocenters. The lowest BCUT2D eigenvalue weighted by atomic mass is 10.2. The average molecular weight is 277 g/mol. The summed E-state index contributed by atoms with van der Waals surface area (Å²) in [6, 6.07) is 6.02. The van der Waals surface area contributed by atoms with Gasteiger partial charge in [-0.05, 0) is 44.7 Å². The van der Waals surface area contributed by atoms with E-state index in [9.17, 15) is 0 Å². The second-order valence-electron chi connectivity index (χ2n) is 5.58. The van der Waals surface area contributed by atoms with E-state index in [1.54, 1.807) is 0 Å². The van der Waals surface area contributed by atoms with Crippen LogP contribution in [-0.2, 0) is 13.0 Å². The molecule has 0 radical (unpaired) electrons. The zero-order valence-corrected chi connectivity index (χ0v) is 13.0. The number of fused-ring (bicyclic) bond motifs is 1. The fourth-order valence-electron chi connectivity index (χ4n) is 2.23. The van der Waals surface area contributed by atoms with Crippen LogP contribution in [0.15, 0.2) is 18.2 Å². The molecule has 19 heavy (non-hydrogen) atoms. The number of thioether (sulfide) groups is 1. The molecule has 0 spiro atoms. The Hall–Kier alpha value is -1.16. The van der Waals surface area contributed by atoms with E-state index < -0.39 is 0 Å². The first kappa shape index (κ1) is 14.3. The maximum atomic E-state index is 5.86. The third-order valence-electron chi connectivity index (χ3n) is 3.42. The van der Waals surface area contributed by atoms with Gasteiger partial charge in [-0.15, -0.1) is 0 Å². The van der Waals surface area contributed by atoms with Gasteiger partial charge < -0.3 is 10.3 Å². The van der Waals surface area contributed by atoms with Crippen molar-refractivity contribution < 1.29 is 0 Å². The van der Waals surface area contributed by atoms with Crippen molar-refractivity contribution >= 4 is 28.5 Å². The van der Waals surface area contributed by atoms with Crippen LogP contribution in [-0.4, -0.2) is 20.6 Å². The molecule has 0 aliphatic carbocycles. The Bertz CT molecular complexity index is 572. The first-order valence-corrected chi connectivity index (χ1v) is 7.99. The normalized spacial score (nSPS) is 12.2. The highest BCUT2D eigenvalue weighted by atomic mass is 32.2. The Balaban J connectivity index is 2.52. The molecule has 0 bridgehead atoms. The summed E-state index contributed by atoms with van der Waals surface area (Å²) in [5.41, 5.74) is 8.85. The minimum Gasteiger partial charge on any atom is -0.399 e. The largest absolute Gasteiger partial charge is 0.399 e. The SMILES string of the molecule is CCCc1nc2cc(N)ccc2n1CC(C)(C)SC. The lowest BCUT2D eigenvalue weighted by Gasteiger charge is -2.24. The standard InChI is InChI=1S/C15H23N3S/c1-5-6-14-17-12-9-11(16)7-8-13(12)18(14)10-15(2,3)19-4/h7-9H,5-6,10,16H2,1-4H3. The van der Waals surface area contributed by atoms with Crippen LogP contribution in [0, 0.1) is 0 Å². The van der Waals surface area contributed by atoms with Crippen LogP contribution in [0.5, 0.6) is 0 Å². The molecule has 2 N–H and O–H groups in total. The number of aryl methyl sites for hydroxylation is 1. The zero-order chi connectivity index (χ0) is 14.0. The highest BCUT2D eigenvalue weighted by Crippen LogP contribution is 2.28. The van der Waals surface area contributed by atoms with Gasteiger partial charge >= 0.3 is 0 Å². The summed E-state index contributed by atoms with van der Waals surface area (Å²) in [5.74, 6) is 1.17. The summed E-state index contributed by atoms with van der Waals surface area (Å²) in [5, 5.41) is 0. The van der Waals surface area contributed by atoms with Gasteiger partial charge in [0, 0.05) is 23.4 Å². The maximum absolute atomic E-state index is 5.86. The van der Waals surface area contributed by atoms with Gasteiger partial charge in [0.15, 0.2) is 0 Å². The highest BCUT2D eigenvalue weighted by molar-refractivity contribution is 7.99. The van der Waals surface area contributed by atoms with Crippen LogP contribution >= 0.6 is 11.8 Å². The van der Waals surface area contributed by atoms with Crippen LogP contribution in [0.1, 0.15) is 33.0 Å². The summed E-state index contributed by atoms with van der Waals surface area (Å²) in [7, 11) is 0. The van der Waals surface area contributed by atoms with Gasteiger partial charge in [-0.1, -0.05) is 6.92 Å². The molecule has 0 amide bonds. The van der Waals surface area contributed by atoms with Crippen molar-refractivity contribution in [3.63, 3.8) is 0 Å². The number of nitrogens with two attached hydrogens (primary N) is 1. The molecule has 2 aromatic rings. The molecule has 4 heteroatoms. The molecule has 0 aliphatic rings. The van der Waals surface area contributed by atoms with Crippen molar-refractivity contribution in [1.82, 2.24) is 9.55 Å². The molecule has 0 aliphatic heterocycles. The van der Waals surface area contributed by atoms with E-state index >= 15 is 0 Å². The van der Waals surface area contributed by atoms with Crippen LogP contribution in [0.25, 0.3) is 11.0 Å². The number of nitrogens with zero attached hydrogens (tertiary/aromatic N) is 2. The maximum Gasteiger partial charge on any atom is 0.109 e. The molecule has 0 saturated heterocycles. The van der Waals surface area contributed by atoms with E-state index in [-0.39, 0.29) is 4.75 Å². The number of aromatic nitrogens is 2. The summed E-state index contributed by atoms with van der Waals surface area (Å²) < 4.78 is 2.56. The van der Waals surface area contributed by atoms with Crippen LogP contribution in [0.3, 0.4) is 0 Å². The Morgan fingerprint density at radius 3 is 2.74 bits per heavy atom. The number of hydrogen-bond acceptors (Lipinski definition) is 3. The summed E-state index contributed by atoms with van der Waals surface area (Å²) in [6.07, 6.45) is 4.29. The molecular formula is C15H23N3S. The summed E-state index contributed by atoms with van der Waals surface area (Å²) >= 11 is 1.89. The number of hydrogen-bond donors (Lipinski definition) is 1.